The van der Waals surface area contributed by atoms with Gasteiger partial charge in [-0.25, -0.2) is 4.79 Å². The van der Waals surface area contributed by atoms with Gasteiger partial charge in [-0.1, -0.05) is 12.1 Å². The van der Waals surface area contributed by atoms with E-state index in [2.05, 4.69) is 4.98 Å². The van der Waals surface area contributed by atoms with Crippen molar-refractivity contribution in [1.29, 1.82) is 0 Å². The molecule has 0 spiro atoms. The highest BCUT2D eigenvalue weighted by Crippen LogP contribution is 2.32. The molecule has 1 aliphatic carbocycles. The minimum Gasteiger partial charge on any atom is -0.462 e. The lowest BCUT2D eigenvalue weighted by atomic mass is 10.1. The summed E-state index contributed by atoms with van der Waals surface area (Å²) in [5, 5.41) is 0.930. The van der Waals surface area contributed by atoms with Crippen molar-refractivity contribution in [2.45, 2.75) is 39.2 Å². The number of esters is 1. The van der Waals surface area contributed by atoms with Crippen molar-refractivity contribution in [3.63, 3.8) is 0 Å². The van der Waals surface area contributed by atoms with Gasteiger partial charge in [0.2, 0.25) is 5.91 Å². The molecule has 0 radical (unpaired) electrons. The molecule has 4 rings (SSSR count). The van der Waals surface area contributed by atoms with Crippen LogP contribution in [0.2, 0.25) is 0 Å². The number of aromatic nitrogens is 1. The van der Waals surface area contributed by atoms with E-state index in [0.717, 1.165) is 29.3 Å². The summed E-state index contributed by atoms with van der Waals surface area (Å²) in [6, 6.07) is 8.26. The van der Waals surface area contributed by atoms with E-state index in [1.807, 2.05) is 43.0 Å². The number of nitrogens with zero attached hydrogens (tertiary/aromatic N) is 2. The number of pyridine rings is 1. The Morgan fingerprint density at radius 2 is 2.08 bits per heavy atom. The molecule has 1 saturated heterocycles. The molecule has 2 fully saturated rings. The van der Waals surface area contributed by atoms with Crippen LogP contribution in [0, 0.1) is 19.8 Å². The van der Waals surface area contributed by atoms with Gasteiger partial charge in [0.25, 0.3) is 0 Å². The van der Waals surface area contributed by atoms with Gasteiger partial charge in [0.15, 0.2) is 0 Å². The number of amides is 1. The molecule has 2 aromatic rings. The average Bonchev–Trinajstić information content (AvgIpc) is 3.35. The van der Waals surface area contributed by atoms with Crippen LogP contribution in [0.4, 0.5) is 0 Å². The largest absolute Gasteiger partial charge is 0.462 e. The monoisotopic (exact) mass is 338 g/mol. The Balaban J connectivity index is 1.44. The van der Waals surface area contributed by atoms with Gasteiger partial charge in [-0.05, 0) is 44.4 Å². The zero-order valence-electron chi connectivity index (χ0n) is 14.6. The normalized spacial score (nSPS) is 20.3. The van der Waals surface area contributed by atoms with E-state index in [9.17, 15) is 9.59 Å². The first-order chi connectivity index (χ1) is 12.0. The first-order valence-corrected chi connectivity index (χ1v) is 8.86. The summed E-state index contributed by atoms with van der Waals surface area (Å²) in [5.74, 6) is -0.0549. The van der Waals surface area contributed by atoms with Crippen molar-refractivity contribution in [2.24, 2.45) is 5.92 Å². The van der Waals surface area contributed by atoms with Crippen LogP contribution in [-0.2, 0) is 9.53 Å². The lowest BCUT2D eigenvalue weighted by Crippen LogP contribution is -2.28. The predicted octanol–water partition coefficient (Wildman–Crippen LogP) is 3.02. The maximum atomic E-state index is 12.5. The Morgan fingerprint density at radius 3 is 2.84 bits per heavy atom. The van der Waals surface area contributed by atoms with Crippen molar-refractivity contribution in [3.05, 3.63) is 41.1 Å². The first kappa shape index (κ1) is 16.1. The second-order valence-corrected chi connectivity index (χ2v) is 7.26. The van der Waals surface area contributed by atoms with Crippen LogP contribution in [-0.4, -0.2) is 41.0 Å². The van der Waals surface area contributed by atoms with E-state index in [0.29, 0.717) is 36.9 Å². The average molecular weight is 338 g/mol. The summed E-state index contributed by atoms with van der Waals surface area (Å²) in [6.45, 7) is 4.85. The topological polar surface area (TPSA) is 59.5 Å². The number of aryl methyl sites for hydroxylation is 2. The summed E-state index contributed by atoms with van der Waals surface area (Å²) in [5.41, 5.74) is 3.20. The summed E-state index contributed by atoms with van der Waals surface area (Å²) < 4.78 is 5.50. The second-order valence-electron chi connectivity index (χ2n) is 7.26. The number of fused-ring (bicyclic) bond motifs is 1. The van der Waals surface area contributed by atoms with Crippen LogP contribution < -0.4 is 0 Å². The molecule has 5 nitrogen and oxygen atoms in total. The van der Waals surface area contributed by atoms with Crippen LogP contribution in [0.1, 0.15) is 40.9 Å². The fourth-order valence-electron chi connectivity index (χ4n) is 3.51. The zero-order chi connectivity index (χ0) is 17.6. The molecule has 1 aliphatic heterocycles. The molecule has 25 heavy (non-hydrogen) atoms. The number of likely N-dealkylation sites (tertiary alicyclic amines) is 1. The van der Waals surface area contributed by atoms with Gasteiger partial charge in [-0.2, -0.15) is 0 Å². The third-order valence-corrected chi connectivity index (χ3v) is 5.06. The van der Waals surface area contributed by atoms with Crippen molar-refractivity contribution in [1.82, 2.24) is 9.88 Å². The highest BCUT2D eigenvalue weighted by molar-refractivity contribution is 5.95. The maximum absolute atomic E-state index is 12.5. The third-order valence-electron chi connectivity index (χ3n) is 5.06. The van der Waals surface area contributed by atoms with Crippen LogP contribution in [0.5, 0.6) is 0 Å². The Hall–Kier alpha value is -2.43. The quantitative estimate of drug-likeness (QED) is 0.804. The lowest BCUT2D eigenvalue weighted by molar-refractivity contribution is -0.128. The Bertz CT molecular complexity index is 857. The number of carbonyl (C=O) groups is 2. The molecule has 5 heteroatoms. The van der Waals surface area contributed by atoms with Crippen molar-refractivity contribution < 1.29 is 14.3 Å². The summed E-state index contributed by atoms with van der Waals surface area (Å²) in [7, 11) is 0. The van der Waals surface area contributed by atoms with Crippen molar-refractivity contribution in [2.75, 3.05) is 13.2 Å². The van der Waals surface area contributed by atoms with Crippen molar-refractivity contribution in [3.8, 4) is 0 Å². The minimum absolute atomic E-state index is 0.105. The molecule has 1 saturated carbocycles. The van der Waals surface area contributed by atoms with E-state index in [-0.39, 0.29) is 17.8 Å². The Morgan fingerprint density at radius 1 is 1.28 bits per heavy atom. The fraction of sp³-hybridized carbons (Fsp3) is 0.450. The van der Waals surface area contributed by atoms with E-state index in [1.54, 1.807) is 0 Å². The summed E-state index contributed by atoms with van der Waals surface area (Å²) in [4.78, 5) is 30.9. The highest BCUT2D eigenvalue weighted by Gasteiger charge is 2.39. The molecule has 0 unspecified atom stereocenters. The van der Waals surface area contributed by atoms with Gasteiger partial charge in [0, 0.05) is 30.3 Å². The number of carbonyl (C=O) groups excluding carboxylic acids is 2. The number of hydrogen-bond acceptors (Lipinski definition) is 4. The van der Waals surface area contributed by atoms with Gasteiger partial charge in [0.05, 0.1) is 23.4 Å². The number of ether oxygens (including phenoxy) is 1. The van der Waals surface area contributed by atoms with Crippen molar-refractivity contribution >= 4 is 22.8 Å². The minimum atomic E-state index is -0.357. The first-order valence-electron chi connectivity index (χ1n) is 8.86. The van der Waals surface area contributed by atoms with E-state index in [1.165, 1.54) is 0 Å². The molecule has 1 aromatic heterocycles. The number of rotatable bonds is 4. The maximum Gasteiger partial charge on any atom is 0.340 e. The molecular formula is C20H22N2O3. The number of hydrogen-bond donors (Lipinski definition) is 0. The Labute approximate surface area is 147 Å². The molecule has 1 aromatic carbocycles. The summed E-state index contributed by atoms with van der Waals surface area (Å²) >= 11 is 0. The molecule has 130 valence electrons. The summed E-state index contributed by atoms with van der Waals surface area (Å²) in [6.07, 6.45) is 2.71. The molecule has 1 atom stereocenters. The SMILES string of the molecule is Cc1ccc2cc(C(=O)OC[C@H]3CC(=O)N(C4CC4)C3)c(C)nc2c1. The molecule has 0 bridgehead atoms. The smallest absolute Gasteiger partial charge is 0.340 e. The number of benzene rings is 1. The van der Waals surface area contributed by atoms with Gasteiger partial charge in [-0.3, -0.25) is 9.78 Å². The van der Waals surface area contributed by atoms with E-state index >= 15 is 0 Å². The lowest BCUT2D eigenvalue weighted by Gasteiger charge is -2.15. The van der Waals surface area contributed by atoms with Gasteiger partial charge in [-0.15, -0.1) is 0 Å². The molecule has 1 amide bonds. The van der Waals surface area contributed by atoms with Crippen LogP contribution in [0.25, 0.3) is 10.9 Å². The predicted molar refractivity (Wildman–Crippen MR) is 94.3 cm³/mol. The fourth-order valence-corrected chi connectivity index (χ4v) is 3.51. The van der Waals surface area contributed by atoms with Crippen LogP contribution in [0.15, 0.2) is 24.3 Å². The van der Waals surface area contributed by atoms with Gasteiger partial charge in [0.1, 0.15) is 0 Å². The van der Waals surface area contributed by atoms with Gasteiger partial charge >= 0.3 is 5.97 Å². The third kappa shape index (κ3) is 3.23. The van der Waals surface area contributed by atoms with E-state index < -0.39 is 0 Å². The van der Waals surface area contributed by atoms with Crippen LogP contribution in [0.3, 0.4) is 0 Å². The molecule has 2 aliphatic rings. The standard InChI is InChI=1S/C20H22N2O3/c1-12-3-4-15-9-17(13(2)21-18(15)7-12)20(24)25-11-14-8-19(23)22(10-14)16-5-6-16/h3-4,7,9,14,16H,5-6,8,10-11H2,1-2H3/t14-/m0/s1. The van der Waals surface area contributed by atoms with Gasteiger partial charge < -0.3 is 9.64 Å². The molecule has 0 N–H and O–H groups in total. The molecular weight excluding hydrogens is 316 g/mol. The molecule has 2 heterocycles. The Kier molecular flexibility index (Phi) is 3.94. The zero-order valence-corrected chi connectivity index (χ0v) is 14.6. The highest BCUT2D eigenvalue weighted by atomic mass is 16.5. The second kappa shape index (κ2) is 6.14. The van der Waals surface area contributed by atoms with Crippen LogP contribution >= 0.6 is 0 Å². The van der Waals surface area contributed by atoms with E-state index in [4.69, 9.17) is 4.74 Å².